The number of rotatable bonds is 4. The number of nitrogens with zero attached hydrogens (tertiary/aromatic N) is 6. The summed E-state index contributed by atoms with van der Waals surface area (Å²) in [5.74, 6) is 0.171. The number of anilines is 1. The van der Waals surface area contributed by atoms with E-state index in [1.54, 1.807) is 7.11 Å². The van der Waals surface area contributed by atoms with Crippen molar-refractivity contribution in [3.05, 3.63) is 29.8 Å². The van der Waals surface area contributed by atoms with E-state index in [2.05, 4.69) is 20.3 Å². The maximum Gasteiger partial charge on any atom is 0.433 e. The van der Waals surface area contributed by atoms with Gasteiger partial charge in [-0.2, -0.15) is 13.2 Å². The van der Waals surface area contributed by atoms with E-state index in [4.69, 9.17) is 4.74 Å². The molecule has 140 valence electrons. The molecule has 2 bridgehead atoms. The van der Waals surface area contributed by atoms with Gasteiger partial charge in [0.1, 0.15) is 11.4 Å². The molecular weight excluding hydrogens is 349 g/mol. The maximum absolute atomic E-state index is 13.0. The molecule has 2 unspecified atom stereocenters. The molecule has 4 heterocycles. The number of hydrogen-bond acceptors (Lipinski definition) is 6. The van der Waals surface area contributed by atoms with Crippen LogP contribution in [0.2, 0.25) is 0 Å². The van der Waals surface area contributed by atoms with Gasteiger partial charge in [-0.25, -0.2) is 14.6 Å². The largest absolute Gasteiger partial charge is 0.433 e. The third kappa shape index (κ3) is 3.13. The molecule has 2 atom stereocenters. The van der Waals surface area contributed by atoms with Gasteiger partial charge in [0.15, 0.2) is 0 Å². The highest BCUT2D eigenvalue weighted by molar-refractivity contribution is 5.38. The average Bonchev–Trinajstić information content (AvgIpc) is 3.17. The Morgan fingerprint density at radius 2 is 1.92 bits per heavy atom. The summed E-state index contributed by atoms with van der Waals surface area (Å²) in [5.41, 5.74) is -0.131. The van der Waals surface area contributed by atoms with Crippen LogP contribution < -0.4 is 4.90 Å². The molecule has 0 N–H and O–H groups in total. The number of methoxy groups -OCH3 is 1. The quantitative estimate of drug-likeness (QED) is 0.826. The van der Waals surface area contributed by atoms with Crippen LogP contribution in [0.15, 0.2) is 18.5 Å². The molecule has 2 fully saturated rings. The van der Waals surface area contributed by atoms with Crippen LogP contribution in [0.1, 0.15) is 43.1 Å². The van der Waals surface area contributed by atoms with Gasteiger partial charge in [-0.05, 0) is 31.7 Å². The number of ether oxygens (including phenoxy) is 1. The molecule has 2 aliphatic rings. The second-order valence-corrected chi connectivity index (χ2v) is 6.78. The summed E-state index contributed by atoms with van der Waals surface area (Å²) in [6.07, 6.45) is 2.00. The first-order chi connectivity index (χ1) is 12.5. The van der Waals surface area contributed by atoms with Gasteiger partial charge in [0.25, 0.3) is 0 Å². The Hall–Kier alpha value is -2.23. The molecule has 26 heavy (non-hydrogen) atoms. The molecule has 10 heteroatoms. The summed E-state index contributed by atoms with van der Waals surface area (Å²) in [6, 6.07) is 1.30. The Morgan fingerprint density at radius 3 is 2.58 bits per heavy atom. The predicted octanol–water partition coefficient (Wildman–Crippen LogP) is 2.61. The summed E-state index contributed by atoms with van der Waals surface area (Å²) in [5, 5.41) is 8.28. The maximum atomic E-state index is 13.0. The van der Waals surface area contributed by atoms with Gasteiger partial charge in [-0.1, -0.05) is 5.21 Å². The van der Waals surface area contributed by atoms with Gasteiger partial charge in [0.05, 0.1) is 18.8 Å². The highest BCUT2D eigenvalue weighted by Gasteiger charge is 2.43. The highest BCUT2D eigenvalue weighted by atomic mass is 19.4. The lowest BCUT2D eigenvalue weighted by Gasteiger charge is -2.38. The molecule has 0 radical (unpaired) electrons. The van der Waals surface area contributed by atoms with E-state index in [1.165, 1.54) is 6.20 Å². The zero-order valence-corrected chi connectivity index (χ0v) is 14.2. The van der Waals surface area contributed by atoms with Gasteiger partial charge < -0.3 is 9.64 Å². The standard InChI is InChI=1S/C16H19F3N6O/c1-26-9-10-8-24(23-22-10)13-6-11-2-3-12(7-13)25(11)15-20-5-4-14(21-15)16(17,18)19/h4-5,8,11-13H,2-3,6-7,9H2,1H3. The Balaban J connectivity index is 1.54. The van der Waals surface area contributed by atoms with Crippen LogP contribution in [0.5, 0.6) is 0 Å². The molecule has 0 aliphatic carbocycles. The summed E-state index contributed by atoms with van der Waals surface area (Å²) in [4.78, 5) is 9.84. The van der Waals surface area contributed by atoms with Gasteiger partial charge in [-0.15, -0.1) is 5.10 Å². The molecule has 7 nitrogen and oxygen atoms in total. The lowest BCUT2D eigenvalue weighted by Crippen LogP contribution is -2.44. The first kappa shape index (κ1) is 17.2. The van der Waals surface area contributed by atoms with E-state index < -0.39 is 11.9 Å². The van der Waals surface area contributed by atoms with E-state index in [0.717, 1.165) is 37.4 Å². The Morgan fingerprint density at radius 1 is 1.19 bits per heavy atom. The fraction of sp³-hybridized carbons (Fsp3) is 0.625. The van der Waals surface area contributed by atoms with Crippen molar-refractivity contribution in [2.45, 2.75) is 56.6 Å². The minimum absolute atomic E-state index is 0.109. The third-order valence-corrected chi connectivity index (χ3v) is 5.10. The van der Waals surface area contributed by atoms with Crippen LogP contribution in [0, 0.1) is 0 Å². The van der Waals surface area contributed by atoms with Crippen LogP contribution >= 0.6 is 0 Å². The van der Waals surface area contributed by atoms with Gasteiger partial charge in [0.2, 0.25) is 5.95 Å². The molecule has 2 aromatic rings. The third-order valence-electron chi connectivity index (χ3n) is 5.10. The Labute approximate surface area is 148 Å². The first-order valence-electron chi connectivity index (χ1n) is 8.54. The highest BCUT2D eigenvalue weighted by Crippen LogP contribution is 2.42. The van der Waals surface area contributed by atoms with Crippen molar-refractivity contribution in [3.8, 4) is 0 Å². The van der Waals surface area contributed by atoms with Crippen LogP contribution in [-0.2, 0) is 17.5 Å². The molecule has 0 aromatic carbocycles. The van der Waals surface area contributed by atoms with Crippen molar-refractivity contribution in [2.24, 2.45) is 0 Å². The van der Waals surface area contributed by atoms with Crippen LogP contribution in [0.25, 0.3) is 0 Å². The summed E-state index contributed by atoms with van der Waals surface area (Å²) in [7, 11) is 1.60. The molecule has 4 rings (SSSR count). The van der Waals surface area contributed by atoms with E-state index in [0.29, 0.717) is 6.61 Å². The molecule has 2 saturated heterocycles. The van der Waals surface area contributed by atoms with E-state index >= 15 is 0 Å². The Bertz CT molecular complexity index is 765. The lowest BCUT2D eigenvalue weighted by molar-refractivity contribution is -0.141. The minimum Gasteiger partial charge on any atom is -0.378 e. The normalized spacial score (nSPS) is 25.7. The number of alkyl halides is 3. The van der Waals surface area contributed by atoms with E-state index in [1.807, 2.05) is 15.8 Å². The molecule has 0 spiro atoms. The van der Waals surface area contributed by atoms with Crippen LogP contribution in [0.4, 0.5) is 19.1 Å². The summed E-state index contributed by atoms with van der Waals surface area (Å²) >= 11 is 0. The van der Waals surface area contributed by atoms with Crippen molar-refractivity contribution < 1.29 is 17.9 Å². The van der Waals surface area contributed by atoms with Gasteiger partial charge >= 0.3 is 6.18 Å². The minimum atomic E-state index is -4.46. The molecule has 2 aliphatic heterocycles. The zero-order valence-electron chi connectivity index (χ0n) is 14.2. The number of halogens is 3. The molecular formula is C16H19F3N6O. The smallest absolute Gasteiger partial charge is 0.378 e. The Kier molecular flexibility index (Phi) is 4.29. The van der Waals surface area contributed by atoms with E-state index in [-0.39, 0.29) is 24.1 Å². The van der Waals surface area contributed by atoms with E-state index in [9.17, 15) is 13.2 Å². The van der Waals surface area contributed by atoms with Gasteiger partial charge in [-0.3, -0.25) is 0 Å². The second kappa shape index (κ2) is 6.49. The fourth-order valence-electron chi connectivity index (χ4n) is 4.03. The van der Waals surface area contributed by atoms with Crippen LogP contribution in [0.3, 0.4) is 0 Å². The van der Waals surface area contributed by atoms with Crippen molar-refractivity contribution in [1.29, 1.82) is 0 Å². The van der Waals surface area contributed by atoms with Gasteiger partial charge in [0, 0.05) is 25.4 Å². The molecule has 0 saturated carbocycles. The molecule has 2 aromatic heterocycles. The summed E-state index contributed by atoms with van der Waals surface area (Å²) in [6.45, 7) is 0.407. The monoisotopic (exact) mass is 368 g/mol. The van der Waals surface area contributed by atoms with Crippen molar-refractivity contribution in [3.63, 3.8) is 0 Å². The lowest BCUT2D eigenvalue weighted by atomic mass is 9.98. The number of hydrogen-bond donors (Lipinski definition) is 0. The topological polar surface area (TPSA) is 69.0 Å². The SMILES string of the molecule is COCc1cn(C2CC3CCC(C2)N3c2nccc(C(F)(F)F)n2)nn1. The zero-order chi connectivity index (χ0) is 18.3. The average molecular weight is 368 g/mol. The number of aromatic nitrogens is 5. The number of fused-ring (bicyclic) bond motifs is 2. The summed E-state index contributed by atoms with van der Waals surface area (Å²) < 4.78 is 45.8. The fourth-order valence-corrected chi connectivity index (χ4v) is 4.03. The van der Waals surface area contributed by atoms with Crippen molar-refractivity contribution in [2.75, 3.05) is 12.0 Å². The second-order valence-electron chi connectivity index (χ2n) is 6.78. The predicted molar refractivity (Wildman–Crippen MR) is 85.3 cm³/mol. The first-order valence-corrected chi connectivity index (χ1v) is 8.54. The van der Waals surface area contributed by atoms with Crippen LogP contribution in [-0.4, -0.2) is 44.2 Å². The van der Waals surface area contributed by atoms with Crippen molar-refractivity contribution in [1.82, 2.24) is 25.0 Å². The molecule has 0 amide bonds. The van der Waals surface area contributed by atoms with Crippen molar-refractivity contribution >= 4 is 5.95 Å². The number of piperidine rings is 1.